The van der Waals surface area contributed by atoms with Gasteiger partial charge < -0.3 is 16.4 Å². The van der Waals surface area contributed by atoms with Crippen LogP contribution in [-0.4, -0.2) is 29.9 Å². The Kier molecular flexibility index (Phi) is 13.7. The lowest BCUT2D eigenvalue weighted by Crippen LogP contribution is -2.10. The van der Waals surface area contributed by atoms with Gasteiger partial charge in [-0.25, -0.2) is 38.7 Å². The molecule has 312 valence electrons. The first-order chi connectivity index (χ1) is 29.0. The summed E-state index contributed by atoms with van der Waals surface area (Å²) in [5, 5.41) is 6.36. The fraction of sp³-hybridized carbons (Fsp3) is 0.0732. The number of nitrogens with two attached hydrogens (primary N) is 1. The Morgan fingerprint density at radius 1 is 0.557 bits per heavy atom. The maximum absolute atomic E-state index is 14.6. The molecule has 61 heavy (non-hydrogen) atoms. The van der Waals surface area contributed by atoms with E-state index < -0.39 is 35.4 Å². The van der Waals surface area contributed by atoms with E-state index >= 15 is 0 Å². The smallest absolute Gasteiger partial charge is 0.399 e. The molecule has 4 aromatic heterocycles. The number of hydrogen-bond donors (Lipinski definition) is 3. The number of aromatic nitrogens is 6. The van der Waals surface area contributed by atoms with Gasteiger partial charge in [0.15, 0.2) is 22.6 Å². The van der Waals surface area contributed by atoms with Crippen molar-refractivity contribution in [1.82, 2.24) is 29.9 Å². The number of nitrogen functional groups attached to an aromatic ring is 1. The molecule has 0 saturated heterocycles. The number of rotatable bonds is 6. The van der Waals surface area contributed by atoms with Gasteiger partial charge in [-0.3, -0.25) is 0 Å². The Morgan fingerprint density at radius 3 is 1.75 bits per heavy atom. The summed E-state index contributed by atoms with van der Waals surface area (Å²) >= 11 is 17.4. The third-order valence-electron chi connectivity index (χ3n) is 8.14. The molecule has 0 atom stereocenters. The summed E-state index contributed by atoms with van der Waals surface area (Å²) in [5.41, 5.74) is 6.86. The number of nitrogens with one attached hydrogen (secondary N) is 2. The van der Waals surface area contributed by atoms with Crippen LogP contribution in [-0.2, 0) is 18.8 Å². The molecule has 0 aliphatic heterocycles. The molecule has 4 heterocycles. The third-order valence-corrected chi connectivity index (χ3v) is 9.13. The van der Waals surface area contributed by atoms with Crippen LogP contribution in [0.15, 0.2) is 122 Å². The number of anilines is 5. The maximum atomic E-state index is 14.6. The van der Waals surface area contributed by atoms with Crippen molar-refractivity contribution < 1.29 is 35.1 Å². The number of fused-ring (bicyclic) bond motifs is 2. The standard InChI is InChI=1S/C20H12ClF4N5.C12H10F3N3.C9H4Cl2FN/c21-16-13-6-1-2-7-14(13)29-18(17(16)22)27-11-4-3-5-12(10-11)28-19-26-9-8-15(30-19)20(23,24)25;13-12(14,15)10-4-5-17-11(18-10)7-8-2-1-3-9(16)6-8;10-7-5-3-1-2-4-6(5)13-9(11)8(7)12/h1-10H,(H,27,29)(H,26,28,30);1-6H,7,16H2;1-4H. The topological polar surface area (TPSA) is 127 Å². The summed E-state index contributed by atoms with van der Waals surface area (Å²) < 4.78 is 104. The summed E-state index contributed by atoms with van der Waals surface area (Å²) in [4.78, 5) is 22.6. The van der Waals surface area contributed by atoms with Crippen molar-refractivity contribution >= 4 is 85.4 Å². The minimum atomic E-state index is -4.58. The second kappa shape index (κ2) is 18.9. The van der Waals surface area contributed by atoms with Gasteiger partial charge in [-0.1, -0.05) is 89.4 Å². The van der Waals surface area contributed by atoms with Gasteiger partial charge >= 0.3 is 12.4 Å². The van der Waals surface area contributed by atoms with Gasteiger partial charge in [-0.05, 0) is 60.2 Å². The molecule has 4 N–H and O–H groups in total. The van der Waals surface area contributed by atoms with Crippen molar-refractivity contribution in [2.75, 3.05) is 16.4 Å². The molecule has 0 aliphatic rings. The summed E-state index contributed by atoms with van der Waals surface area (Å²) in [6.07, 6.45) is -6.70. The van der Waals surface area contributed by atoms with Gasteiger partial charge in [0.2, 0.25) is 5.95 Å². The number of benzene rings is 4. The molecule has 0 radical (unpaired) electrons. The molecule has 4 aromatic carbocycles. The van der Waals surface area contributed by atoms with Crippen LogP contribution >= 0.6 is 34.8 Å². The van der Waals surface area contributed by atoms with Crippen molar-refractivity contribution in [1.29, 1.82) is 0 Å². The van der Waals surface area contributed by atoms with Crippen LogP contribution in [0.3, 0.4) is 0 Å². The van der Waals surface area contributed by atoms with Crippen LogP contribution in [0.2, 0.25) is 15.2 Å². The number of nitrogens with zero attached hydrogens (tertiary/aromatic N) is 6. The van der Waals surface area contributed by atoms with Crippen molar-refractivity contribution in [3.05, 3.63) is 171 Å². The molecule has 0 spiro atoms. The molecule has 8 aromatic rings. The largest absolute Gasteiger partial charge is 0.433 e. The molecule has 0 fully saturated rings. The molecule has 0 amide bonds. The average molecular weight is 903 g/mol. The van der Waals surface area contributed by atoms with Crippen LogP contribution in [0, 0.1) is 11.6 Å². The maximum Gasteiger partial charge on any atom is 0.433 e. The van der Waals surface area contributed by atoms with Crippen molar-refractivity contribution in [2.24, 2.45) is 0 Å². The highest BCUT2D eigenvalue weighted by atomic mass is 35.5. The average Bonchev–Trinajstić information content (AvgIpc) is 3.22. The number of halogens is 11. The lowest BCUT2D eigenvalue weighted by Gasteiger charge is -2.12. The van der Waals surface area contributed by atoms with E-state index in [9.17, 15) is 35.1 Å². The van der Waals surface area contributed by atoms with Gasteiger partial charge in [0, 0.05) is 46.6 Å². The zero-order chi connectivity index (χ0) is 43.9. The fourth-order valence-corrected chi connectivity index (χ4v) is 6.13. The van der Waals surface area contributed by atoms with Crippen LogP contribution in [0.4, 0.5) is 64.0 Å². The normalized spacial score (nSPS) is 11.3. The summed E-state index contributed by atoms with van der Waals surface area (Å²) in [6.45, 7) is 0. The quantitative estimate of drug-likeness (QED) is 0.0849. The van der Waals surface area contributed by atoms with E-state index in [1.165, 1.54) is 0 Å². The SMILES string of the molecule is Fc1c(Cl)nc2ccccc2c1Cl.Fc1c(Nc2cccc(Nc3nccc(C(F)(F)F)n3)c2)nc2ccccc2c1Cl.Nc1cccc(Cc2nccc(C(F)(F)F)n2)c1. The number of hydrogen-bond acceptors (Lipinski definition) is 9. The molecule has 8 rings (SSSR count). The van der Waals surface area contributed by atoms with E-state index in [1.807, 2.05) is 0 Å². The fourth-order valence-electron chi connectivity index (χ4n) is 5.40. The molecule has 20 heteroatoms. The Bertz CT molecular complexity index is 2830. The second-order valence-corrected chi connectivity index (χ2v) is 13.6. The molecule has 0 unspecified atom stereocenters. The molecular formula is C41H26Cl3F8N9. The van der Waals surface area contributed by atoms with Gasteiger partial charge in [0.25, 0.3) is 0 Å². The minimum Gasteiger partial charge on any atom is -0.399 e. The van der Waals surface area contributed by atoms with E-state index in [4.69, 9.17) is 40.5 Å². The molecule has 0 bridgehead atoms. The zero-order valence-corrected chi connectivity index (χ0v) is 32.9. The van der Waals surface area contributed by atoms with E-state index in [-0.39, 0.29) is 39.2 Å². The molecule has 0 saturated carbocycles. The highest BCUT2D eigenvalue weighted by Gasteiger charge is 2.33. The van der Waals surface area contributed by atoms with E-state index in [1.54, 1.807) is 97.1 Å². The molecule has 9 nitrogen and oxygen atoms in total. The second-order valence-electron chi connectivity index (χ2n) is 12.5. The highest BCUT2D eigenvalue weighted by Crippen LogP contribution is 2.33. The zero-order valence-electron chi connectivity index (χ0n) is 30.7. The van der Waals surface area contributed by atoms with Gasteiger partial charge in [0.1, 0.15) is 17.2 Å². The van der Waals surface area contributed by atoms with E-state index in [0.29, 0.717) is 38.9 Å². The predicted octanol–water partition coefficient (Wildman–Crippen LogP) is 12.7. The van der Waals surface area contributed by atoms with Crippen LogP contribution in [0.1, 0.15) is 22.8 Å². The van der Waals surface area contributed by atoms with Crippen LogP contribution in [0.25, 0.3) is 21.8 Å². The number of pyridine rings is 2. The van der Waals surface area contributed by atoms with Crippen LogP contribution < -0.4 is 16.4 Å². The summed E-state index contributed by atoms with van der Waals surface area (Å²) in [7, 11) is 0. The lowest BCUT2D eigenvalue weighted by atomic mass is 10.1. The Hall–Kier alpha value is -6.43. The van der Waals surface area contributed by atoms with Crippen molar-refractivity contribution in [3.63, 3.8) is 0 Å². The van der Waals surface area contributed by atoms with E-state index in [2.05, 4.69) is 40.5 Å². The summed E-state index contributed by atoms with van der Waals surface area (Å²) in [5.74, 6) is -1.56. The first-order valence-corrected chi connectivity index (χ1v) is 18.5. The number of para-hydroxylation sites is 2. The monoisotopic (exact) mass is 901 g/mol. The predicted molar refractivity (Wildman–Crippen MR) is 219 cm³/mol. The summed E-state index contributed by atoms with van der Waals surface area (Å²) in [6, 6.07) is 28.8. The Balaban J connectivity index is 0.000000170. The molecule has 0 aliphatic carbocycles. The first kappa shape index (κ1) is 44.1. The highest BCUT2D eigenvalue weighted by molar-refractivity contribution is 6.38. The Morgan fingerprint density at radius 2 is 1.11 bits per heavy atom. The van der Waals surface area contributed by atoms with Gasteiger partial charge in [-0.2, -0.15) is 26.3 Å². The van der Waals surface area contributed by atoms with Gasteiger partial charge in [-0.15, -0.1) is 0 Å². The van der Waals surface area contributed by atoms with E-state index in [0.717, 1.165) is 30.1 Å². The van der Waals surface area contributed by atoms with Crippen molar-refractivity contribution in [2.45, 2.75) is 18.8 Å². The van der Waals surface area contributed by atoms with Gasteiger partial charge in [0.05, 0.1) is 21.1 Å². The minimum absolute atomic E-state index is 0.0237. The third kappa shape index (κ3) is 11.4. The first-order valence-electron chi connectivity index (χ1n) is 17.4. The molecular weight excluding hydrogens is 877 g/mol. The van der Waals surface area contributed by atoms with Crippen LogP contribution in [0.5, 0.6) is 0 Å². The lowest BCUT2D eigenvalue weighted by molar-refractivity contribution is -0.142. The number of alkyl halides is 6. The van der Waals surface area contributed by atoms with Crippen molar-refractivity contribution in [3.8, 4) is 0 Å². The Labute approximate surface area is 355 Å².